The van der Waals surface area contributed by atoms with E-state index in [0.29, 0.717) is 5.82 Å². The second-order valence-corrected chi connectivity index (χ2v) is 3.38. The zero-order valence-electron chi connectivity index (χ0n) is 7.90. The smallest absolute Gasteiger partial charge is 0.145 e. The Kier molecular flexibility index (Phi) is 1.56. The number of nitrogen functional groups attached to an aromatic ring is 1. The monoisotopic (exact) mass is 199 g/mol. The van der Waals surface area contributed by atoms with E-state index in [2.05, 4.69) is 10.2 Å². The van der Waals surface area contributed by atoms with Crippen LogP contribution in [0.15, 0.2) is 41.0 Å². The maximum Gasteiger partial charge on any atom is 0.145 e. The van der Waals surface area contributed by atoms with Gasteiger partial charge in [-0.1, -0.05) is 0 Å². The normalized spacial score (nSPS) is 10.9. The van der Waals surface area contributed by atoms with Gasteiger partial charge in [0.15, 0.2) is 0 Å². The van der Waals surface area contributed by atoms with Gasteiger partial charge in [-0.15, -0.1) is 0 Å². The largest absolute Gasteiger partial charge is 0.464 e. The Morgan fingerprint density at radius 3 is 2.93 bits per heavy atom. The molecule has 0 bridgehead atoms. The number of aromatic nitrogens is 2. The highest BCUT2D eigenvalue weighted by atomic mass is 16.3. The topological polar surface area (TPSA) is 67.8 Å². The van der Waals surface area contributed by atoms with Gasteiger partial charge in [0.25, 0.3) is 0 Å². The number of furan rings is 1. The Morgan fingerprint density at radius 1 is 1.20 bits per heavy atom. The van der Waals surface area contributed by atoms with Crippen LogP contribution in [0, 0.1) is 0 Å². The van der Waals surface area contributed by atoms with Gasteiger partial charge in [0.1, 0.15) is 11.4 Å². The van der Waals surface area contributed by atoms with Crippen LogP contribution in [-0.4, -0.2) is 10.2 Å². The molecule has 3 aromatic rings. The first-order valence-corrected chi connectivity index (χ1v) is 4.61. The first-order chi connectivity index (χ1) is 7.33. The summed E-state index contributed by atoms with van der Waals surface area (Å²) in [5.74, 6) is 0.497. The number of nitrogens with two attached hydrogens (primary N) is 1. The van der Waals surface area contributed by atoms with Gasteiger partial charge < -0.3 is 10.2 Å². The molecule has 0 aliphatic carbocycles. The zero-order valence-corrected chi connectivity index (χ0v) is 7.90. The second-order valence-electron chi connectivity index (χ2n) is 3.38. The number of hydrogen-bond donors (Lipinski definition) is 2. The highest BCUT2D eigenvalue weighted by molar-refractivity contribution is 5.82. The number of H-pyrrole nitrogens is 1. The molecule has 0 saturated heterocycles. The van der Waals surface area contributed by atoms with Crippen LogP contribution in [0.3, 0.4) is 0 Å². The second kappa shape index (κ2) is 2.88. The van der Waals surface area contributed by atoms with Crippen LogP contribution in [0.25, 0.3) is 22.2 Å². The average Bonchev–Trinajstić information content (AvgIpc) is 2.84. The minimum absolute atomic E-state index is 0.497. The van der Waals surface area contributed by atoms with Crippen LogP contribution in [-0.2, 0) is 0 Å². The average molecular weight is 199 g/mol. The maximum atomic E-state index is 5.55. The molecule has 2 heterocycles. The van der Waals surface area contributed by atoms with E-state index in [-0.39, 0.29) is 0 Å². The Bertz CT molecular complexity index is 609. The van der Waals surface area contributed by atoms with Crippen molar-refractivity contribution in [3.8, 4) is 11.3 Å². The van der Waals surface area contributed by atoms with Gasteiger partial charge in [-0.3, -0.25) is 5.10 Å². The number of rotatable bonds is 1. The summed E-state index contributed by atoms with van der Waals surface area (Å²) in [4.78, 5) is 0. The van der Waals surface area contributed by atoms with Crippen molar-refractivity contribution in [1.82, 2.24) is 10.2 Å². The molecule has 0 fully saturated rings. The van der Waals surface area contributed by atoms with Crippen LogP contribution < -0.4 is 5.73 Å². The number of nitrogens with zero attached hydrogens (tertiary/aromatic N) is 1. The maximum absolute atomic E-state index is 5.55. The third-order valence-corrected chi connectivity index (χ3v) is 2.36. The summed E-state index contributed by atoms with van der Waals surface area (Å²) in [5, 5.41) is 7.83. The van der Waals surface area contributed by atoms with E-state index in [4.69, 9.17) is 10.2 Å². The molecule has 0 spiro atoms. The SMILES string of the molecule is Nc1cc(-c2ccc3occc3c2)[nH]n1. The standard InChI is InChI=1S/C11H9N3O/c12-11-6-9(13-14-11)7-1-2-10-8(5-7)3-4-15-10/h1-6H,(H3,12,13,14). The summed E-state index contributed by atoms with van der Waals surface area (Å²) < 4.78 is 5.26. The van der Waals surface area contributed by atoms with Crippen molar-refractivity contribution in [2.75, 3.05) is 5.73 Å². The molecule has 0 aliphatic rings. The summed E-state index contributed by atoms with van der Waals surface area (Å²) in [6, 6.07) is 9.67. The lowest BCUT2D eigenvalue weighted by Crippen LogP contribution is -1.81. The lowest BCUT2D eigenvalue weighted by molar-refractivity contribution is 0.616. The number of hydrogen-bond acceptors (Lipinski definition) is 3. The summed E-state index contributed by atoms with van der Waals surface area (Å²) in [6.07, 6.45) is 1.68. The molecule has 15 heavy (non-hydrogen) atoms. The van der Waals surface area contributed by atoms with E-state index in [0.717, 1.165) is 22.2 Å². The summed E-state index contributed by atoms with van der Waals surface area (Å²) in [7, 11) is 0. The third kappa shape index (κ3) is 1.27. The highest BCUT2D eigenvalue weighted by Crippen LogP contribution is 2.24. The van der Waals surface area contributed by atoms with E-state index in [1.807, 2.05) is 24.3 Å². The van der Waals surface area contributed by atoms with Crippen molar-refractivity contribution in [3.05, 3.63) is 36.6 Å². The molecule has 0 saturated carbocycles. The van der Waals surface area contributed by atoms with Crippen molar-refractivity contribution < 1.29 is 4.42 Å². The Morgan fingerprint density at radius 2 is 2.13 bits per heavy atom. The van der Waals surface area contributed by atoms with E-state index >= 15 is 0 Å². The number of benzene rings is 1. The fraction of sp³-hybridized carbons (Fsp3) is 0. The molecule has 4 nitrogen and oxygen atoms in total. The fourth-order valence-corrected chi connectivity index (χ4v) is 1.62. The molecule has 3 N–H and O–H groups in total. The van der Waals surface area contributed by atoms with E-state index in [1.54, 1.807) is 12.3 Å². The molecular formula is C11H9N3O. The molecule has 4 heteroatoms. The number of fused-ring (bicyclic) bond motifs is 1. The number of nitrogens with one attached hydrogen (secondary N) is 1. The summed E-state index contributed by atoms with van der Waals surface area (Å²) in [6.45, 7) is 0. The number of anilines is 1. The predicted octanol–water partition coefficient (Wildman–Crippen LogP) is 2.41. The van der Waals surface area contributed by atoms with Gasteiger partial charge in [-0.05, 0) is 24.3 Å². The summed E-state index contributed by atoms with van der Waals surface area (Å²) >= 11 is 0. The number of aromatic amines is 1. The highest BCUT2D eigenvalue weighted by Gasteiger charge is 2.03. The van der Waals surface area contributed by atoms with Gasteiger partial charge >= 0.3 is 0 Å². The molecule has 0 aliphatic heterocycles. The minimum Gasteiger partial charge on any atom is -0.464 e. The third-order valence-electron chi connectivity index (χ3n) is 2.36. The molecule has 2 aromatic heterocycles. The molecule has 1 aromatic carbocycles. The van der Waals surface area contributed by atoms with Gasteiger partial charge in [0.05, 0.1) is 12.0 Å². The predicted molar refractivity (Wildman–Crippen MR) is 58.2 cm³/mol. The van der Waals surface area contributed by atoms with E-state index in [1.165, 1.54) is 0 Å². The Labute approximate surface area is 85.7 Å². The van der Waals surface area contributed by atoms with Gasteiger partial charge in [0, 0.05) is 17.0 Å². The van der Waals surface area contributed by atoms with Crippen LogP contribution in [0.4, 0.5) is 5.82 Å². The van der Waals surface area contributed by atoms with Crippen molar-refractivity contribution >= 4 is 16.8 Å². The van der Waals surface area contributed by atoms with Gasteiger partial charge in [-0.25, -0.2) is 0 Å². The van der Waals surface area contributed by atoms with Crippen molar-refractivity contribution in [2.45, 2.75) is 0 Å². The van der Waals surface area contributed by atoms with E-state index in [9.17, 15) is 0 Å². The van der Waals surface area contributed by atoms with Crippen LogP contribution in [0.5, 0.6) is 0 Å². The lowest BCUT2D eigenvalue weighted by Gasteiger charge is -1.96. The van der Waals surface area contributed by atoms with Crippen molar-refractivity contribution in [3.63, 3.8) is 0 Å². The Balaban J connectivity index is 2.18. The Hall–Kier alpha value is -2.23. The van der Waals surface area contributed by atoms with Crippen molar-refractivity contribution in [2.24, 2.45) is 0 Å². The lowest BCUT2D eigenvalue weighted by atomic mass is 10.1. The van der Waals surface area contributed by atoms with Gasteiger partial charge in [0.2, 0.25) is 0 Å². The molecule has 0 amide bonds. The first kappa shape index (κ1) is 8.11. The van der Waals surface area contributed by atoms with Gasteiger partial charge in [-0.2, -0.15) is 5.10 Å². The molecule has 0 radical (unpaired) electrons. The van der Waals surface area contributed by atoms with E-state index < -0.39 is 0 Å². The molecule has 0 unspecified atom stereocenters. The molecule has 74 valence electrons. The van der Waals surface area contributed by atoms with Crippen molar-refractivity contribution in [1.29, 1.82) is 0 Å². The molecule has 0 atom stereocenters. The zero-order chi connectivity index (χ0) is 10.3. The minimum atomic E-state index is 0.497. The van der Waals surface area contributed by atoms with Crippen LogP contribution >= 0.6 is 0 Å². The molecular weight excluding hydrogens is 190 g/mol. The molecule has 3 rings (SSSR count). The van der Waals surface area contributed by atoms with Crippen LogP contribution in [0.2, 0.25) is 0 Å². The van der Waals surface area contributed by atoms with Crippen LogP contribution in [0.1, 0.15) is 0 Å². The first-order valence-electron chi connectivity index (χ1n) is 4.61. The quantitative estimate of drug-likeness (QED) is 0.632. The fourth-order valence-electron chi connectivity index (χ4n) is 1.62. The summed E-state index contributed by atoms with van der Waals surface area (Å²) in [5.41, 5.74) is 8.39.